The van der Waals surface area contributed by atoms with E-state index in [-0.39, 0.29) is 23.7 Å². The van der Waals surface area contributed by atoms with Crippen molar-refractivity contribution in [3.05, 3.63) is 69.9 Å². The summed E-state index contributed by atoms with van der Waals surface area (Å²) in [6.45, 7) is 7.71. The SMILES string of the molecule is CCOC(=O)C1=C(C)N(c2ccc(C)c(C)c2)C(=O)C1=Cc1ccc(OC)cc1OC. The van der Waals surface area contributed by atoms with Gasteiger partial charge in [0.2, 0.25) is 0 Å². The highest BCUT2D eigenvalue weighted by atomic mass is 16.5. The van der Waals surface area contributed by atoms with Crippen LogP contribution in [-0.2, 0) is 14.3 Å². The van der Waals surface area contributed by atoms with Crippen LogP contribution in [0.2, 0.25) is 0 Å². The van der Waals surface area contributed by atoms with Crippen LogP contribution in [-0.4, -0.2) is 32.7 Å². The van der Waals surface area contributed by atoms with Crippen LogP contribution in [0.5, 0.6) is 11.5 Å². The molecule has 0 atom stereocenters. The molecular formula is C25H27NO5. The zero-order chi connectivity index (χ0) is 22.7. The molecule has 6 heteroatoms. The standard InChI is InChI=1S/C25H27NO5/c1-7-31-25(28)23-17(4)26(19-10-8-15(2)16(3)12-19)24(27)21(23)13-18-9-11-20(29-5)14-22(18)30-6/h8-14H,7H2,1-6H3. The van der Waals surface area contributed by atoms with E-state index < -0.39 is 5.97 Å². The Kier molecular flexibility index (Phi) is 6.49. The highest BCUT2D eigenvalue weighted by Gasteiger charge is 2.38. The first-order valence-electron chi connectivity index (χ1n) is 10.1. The number of amides is 1. The van der Waals surface area contributed by atoms with E-state index in [4.69, 9.17) is 14.2 Å². The van der Waals surface area contributed by atoms with E-state index in [1.54, 1.807) is 57.2 Å². The van der Waals surface area contributed by atoms with Crippen LogP contribution in [0.3, 0.4) is 0 Å². The Labute approximate surface area is 182 Å². The molecule has 0 N–H and O–H groups in total. The van der Waals surface area contributed by atoms with Gasteiger partial charge in [-0.1, -0.05) is 6.07 Å². The molecular weight excluding hydrogens is 394 g/mol. The van der Waals surface area contributed by atoms with Gasteiger partial charge in [0.25, 0.3) is 5.91 Å². The van der Waals surface area contributed by atoms with Gasteiger partial charge < -0.3 is 14.2 Å². The molecule has 0 unspecified atom stereocenters. The van der Waals surface area contributed by atoms with Gasteiger partial charge in [0.15, 0.2) is 0 Å². The number of benzene rings is 2. The van der Waals surface area contributed by atoms with Crippen LogP contribution in [0.15, 0.2) is 53.2 Å². The minimum Gasteiger partial charge on any atom is -0.497 e. The molecule has 0 radical (unpaired) electrons. The van der Waals surface area contributed by atoms with E-state index in [9.17, 15) is 9.59 Å². The van der Waals surface area contributed by atoms with Gasteiger partial charge in [-0.05, 0) is 69.2 Å². The molecule has 0 aliphatic carbocycles. The first-order valence-corrected chi connectivity index (χ1v) is 10.1. The smallest absolute Gasteiger partial charge is 0.340 e. The summed E-state index contributed by atoms with van der Waals surface area (Å²) in [5, 5.41) is 0. The van der Waals surface area contributed by atoms with Crippen molar-refractivity contribution in [3.8, 4) is 11.5 Å². The zero-order valence-corrected chi connectivity index (χ0v) is 18.7. The number of ether oxygens (including phenoxy) is 3. The quantitative estimate of drug-likeness (QED) is 0.504. The maximum absolute atomic E-state index is 13.5. The second-order valence-electron chi connectivity index (χ2n) is 7.26. The Hall–Kier alpha value is -3.54. The third-order valence-electron chi connectivity index (χ3n) is 5.37. The molecule has 1 heterocycles. The molecule has 31 heavy (non-hydrogen) atoms. The molecule has 162 valence electrons. The third kappa shape index (κ3) is 4.19. The van der Waals surface area contributed by atoms with Gasteiger partial charge in [-0.2, -0.15) is 0 Å². The Balaban J connectivity index is 2.17. The van der Waals surface area contributed by atoms with Gasteiger partial charge in [0, 0.05) is 23.0 Å². The molecule has 1 amide bonds. The predicted octanol–water partition coefficient (Wildman–Crippen LogP) is 4.59. The number of carbonyl (C=O) groups excluding carboxylic acids is 2. The van der Waals surface area contributed by atoms with Crippen LogP contribution in [0, 0.1) is 13.8 Å². The maximum Gasteiger partial charge on any atom is 0.340 e. The lowest BCUT2D eigenvalue weighted by molar-refractivity contribution is -0.138. The molecule has 0 fully saturated rings. The predicted molar refractivity (Wildman–Crippen MR) is 120 cm³/mol. The molecule has 0 saturated heterocycles. The van der Waals surface area contributed by atoms with Crippen LogP contribution >= 0.6 is 0 Å². The summed E-state index contributed by atoms with van der Waals surface area (Å²) >= 11 is 0. The number of rotatable bonds is 6. The van der Waals surface area contributed by atoms with E-state index in [0.29, 0.717) is 28.4 Å². The topological polar surface area (TPSA) is 65.1 Å². The highest BCUT2D eigenvalue weighted by Crippen LogP contribution is 2.37. The zero-order valence-electron chi connectivity index (χ0n) is 18.7. The third-order valence-corrected chi connectivity index (χ3v) is 5.37. The van der Waals surface area contributed by atoms with Gasteiger partial charge in [-0.15, -0.1) is 0 Å². The average Bonchev–Trinajstić information content (AvgIpc) is 3.00. The molecule has 1 aliphatic heterocycles. The van der Waals surface area contributed by atoms with Crippen LogP contribution < -0.4 is 14.4 Å². The minimum atomic E-state index is -0.529. The van der Waals surface area contributed by atoms with Crippen LogP contribution in [0.25, 0.3) is 6.08 Å². The van der Waals surface area contributed by atoms with Gasteiger partial charge in [-0.3, -0.25) is 9.69 Å². The van der Waals surface area contributed by atoms with E-state index in [0.717, 1.165) is 11.1 Å². The Bertz CT molecular complexity index is 1100. The number of carbonyl (C=O) groups is 2. The number of anilines is 1. The van der Waals surface area contributed by atoms with Crippen molar-refractivity contribution in [2.75, 3.05) is 25.7 Å². The second kappa shape index (κ2) is 9.08. The average molecular weight is 421 g/mol. The Morgan fingerprint density at radius 1 is 1.00 bits per heavy atom. The fraction of sp³-hybridized carbons (Fsp3) is 0.280. The summed E-state index contributed by atoms with van der Waals surface area (Å²) in [5.41, 5.74) is 4.60. The summed E-state index contributed by atoms with van der Waals surface area (Å²) in [4.78, 5) is 27.9. The van der Waals surface area contributed by atoms with Crippen molar-refractivity contribution in [3.63, 3.8) is 0 Å². The Morgan fingerprint density at radius 2 is 1.74 bits per heavy atom. The van der Waals surface area contributed by atoms with Gasteiger partial charge in [-0.25, -0.2) is 4.79 Å². The normalized spacial score (nSPS) is 15.0. The fourth-order valence-electron chi connectivity index (χ4n) is 3.55. The van der Waals surface area contributed by atoms with Crippen molar-refractivity contribution in [2.45, 2.75) is 27.7 Å². The van der Waals surface area contributed by atoms with Crippen molar-refractivity contribution in [2.24, 2.45) is 0 Å². The van der Waals surface area contributed by atoms with Crippen molar-refractivity contribution in [1.82, 2.24) is 0 Å². The van der Waals surface area contributed by atoms with Crippen molar-refractivity contribution in [1.29, 1.82) is 0 Å². The largest absolute Gasteiger partial charge is 0.497 e. The summed E-state index contributed by atoms with van der Waals surface area (Å²) in [6.07, 6.45) is 1.66. The fourth-order valence-corrected chi connectivity index (χ4v) is 3.55. The highest BCUT2D eigenvalue weighted by molar-refractivity contribution is 6.24. The number of hydrogen-bond donors (Lipinski definition) is 0. The summed E-state index contributed by atoms with van der Waals surface area (Å²) in [6, 6.07) is 11.1. The molecule has 0 bridgehead atoms. The molecule has 1 aliphatic rings. The number of nitrogens with zero attached hydrogens (tertiary/aromatic N) is 1. The number of allylic oxidation sites excluding steroid dienone is 1. The lowest BCUT2D eigenvalue weighted by Crippen LogP contribution is -2.24. The van der Waals surface area contributed by atoms with Gasteiger partial charge >= 0.3 is 5.97 Å². The number of methoxy groups -OCH3 is 2. The lowest BCUT2D eigenvalue weighted by atomic mass is 10.0. The molecule has 0 saturated carbocycles. The van der Waals surface area contributed by atoms with Gasteiger partial charge in [0.05, 0.1) is 32.0 Å². The molecule has 0 aromatic heterocycles. The lowest BCUT2D eigenvalue weighted by Gasteiger charge is -2.19. The van der Waals surface area contributed by atoms with Crippen LogP contribution in [0.1, 0.15) is 30.5 Å². The Morgan fingerprint density at radius 3 is 2.35 bits per heavy atom. The van der Waals surface area contributed by atoms with E-state index in [1.807, 2.05) is 32.0 Å². The summed E-state index contributed by atoms with van der Waals surface area (Å²) in [5.74, 6) is 0.344. The molecule has 2 aromatic carbocycles. The maximum atomic E-state index is 13.5. The summed E-state index contributed by atoms with van der Waals surface area (Å²) < 4.78 is 16.0. The minimum absolute atomic E-state index is 0.215. The number of hydrogen-bond acceptors (Lipinski definition) is 5. The van der Waals surface area contributed by atoms with Crippen LogP contribution in [0.4, 0.5) is 5.69 Å². The number of esters is 1. The molecule has 6 nitrogen and oxygen atoms in total. The van der Waals surface area contributed by atoms with E-state index >= 15 is 0 Å². The van der Waals surface area contributed by atoms with E-state index in [2.05, 4.69) is 0 Å². The number of aryl methyl sites for hydroxylation is 2. The van der Waals surface area contributed by atoms with Gasteiger partial charge in [0.1, 0.15) is 11.5 Å². The first kappa shape index (κ1) is 22.2. The molecule has 2 aromatic rings. The second-order valence-corrected chi connectivity index (χ2v) is 7.26. The van der Waals surface area contributed by atoms with Crippen molar-refractivity contribution >= 4 is 23.6 Å². The van der Waals surface area contributed by atoms with E-state index in [1.165, 1.54) is 0 Å². The van der Waals surface area contributed by atoms with Crippen molar-refractivity contribution < 1.29 is 23.8 Å². The molecule has 0 spiro atoms. The molecule has 3 rings (SSSR count). The monoisotopic (exact) mass is 421 g/mol. The first-order chi connectivity index (χ1) is 14.8. The summed E-state index contributed by atoms with van der Waals surface area (Å²) in [7, 11) is 3.11.